The van der Waals surface area contributed by atoms with Crippen molar-refractivity contribution in [1.82, 2.24) is 15.1 Å². The van der Waals surface area contributed by atoms with Crippen LogP contribution in [0.3, 0.4) is 0 Å². The molecule has 0 amide bonds. The first kappa shape index (κ1) is 16.0. The normalized spacial score (nSPS) is 24.5. The first-order chi connectivity index (χ1) is 12.2. The first-order valence-corrected chi connectivity index (χ1v) is 8.36. The molecule has 3 aliphatic heterocycles. The number of fused-ring (bicyclic) bond motifs is 3. The van der Waals surface area contributed by atoms with E-state index in [0.29, 0.717) is 17.5 Å². The molecule has 25 heavy (non-hydrogen) atoms. The van der Waals surface area contributed by atoms with Gasteiger partial charge in [0.2, 0.25) is 5.88 Å². The molecule has 0 N–H and O–H groups in total. The summed E-state index contributed by atoms with van der Waals surface area (Å²) in [6.07, 6.45) is 2.52. The van der Waals surface area contributed by atoms with Gasteiger partial charge in [-0.2, -0.15) is 0 Å². The Labute approximate surface area is 144 Å². The summed E-state index contributed by atoms with van der Waals surface area (Å²) < 4.78 is 32.3. The third-order valence-electron chi connectivity index (χ3n) is 4.71. The molecule has 1 aromatic heterocycles. The van der Waals surface area contributed by atoms with Gasteiger partial charge < -0.3 is 4.74 Å². The quantitative estimate of drug-likeness (QED) is 0.787. The van der Waals surface area contributed by atoms with Crippen molar-refractivity contribution in [3.63, 3.8) is 0 Å². The lowest BCUT2D eigenvalue weighted by atomic mass is 9.86. The van der Waals surface area contributed by atoms with Crippen molar-refractivity contribution in [2.75, 3.05) is 19.6 Å². The van der Waals surface area contributed by atoms with Gasteiger partial charge in [-0.05, 0) is 56.0 Å². The minimum atomic E-state index is -0.656. The van der Waals surface area contributed by atoms with Gasteiger partial charge >= 0.3 is 0 Å². The van der Waals surface area contributed by atoms with Gasteiger partial charge in [0.15, 0.2) is 0 Å². The number of benzene rings is 1. The number of piperidine rings is 3. The Morgan fingerprint density at radius 3 is 2.36 bits per heavy atom. The zero-order valence-electron chi connectivity index (χ0n) is 13.6. The van der Waals surface area contributed by atoms with E-state index in [-0.39, 0.29) is 11.7 Å². The number of aromatic nitrogens is 2. The highest BCUT2D eigenvalue weighted by Crippen LogP contribution is 2.29. The van der Waals surface area contributed by atoms with Crippen LogP contribution in [0.2, 0.25) is 0 Å². The molecule has 2 aromatic rings. The number of halogens is 2. The van der Waals surface area contributed by atoms with Gasteiger partial charge in [-0.3, -0.25) is 4.90 Å². The van der Waals surface area contributed by atoms with Gasteiger partial charge in [0.05, 0.1) is 0 Å². The number of ether oxygens (including phenoxy) is 1. The van der Waals surface area contributed by atoms with Gasteiger partial charge in [0.25, 0.3) is 0 Å². The molecular formula is C19H17F2N3O. The highest BCUT2D eigenvalue weighted by atomic mass is 19.1. The fourth-order valence-electron chi connectivity index (χ4n) is 3.41. The molecule has 0 aliphatic carbocycles. The lowest BCUT2D eigenvalue weighted by Gasteiger charge is -2.44. The van der Waals surface area contributed by atoms with Gasteiger partial charge in [-0.25, -0.2) is 8.78 Å². The molecule has 0 radical (unpaired) electrons. The van der Waals surface area contributed by atoms with E-state index in [4.69, 9.17) is 4.74 Å². The Hall–Kier alpha value is -2.52. The smallest absolute Gasteiger partial charge is 0.233 e. The van der Waals surface area contributed by atoms with Crippen molar-refractivity contribution < 1.29 is 13.5 Å². The van der Waals surface area contributed by atoms with Crippen LogP contribution in [0.5, 0.6) is 5.88 Å². The molecule has 1 unspecified atom stereocenters. The minimum Gasteiger partial charge on any atom is -0.472 e. The van der Waals surface area contributed by atoms with Crippen molar-refractivity contribution in [2.24, 2.45) is 5.92 Å². The first-order valence-electron chi connectivity index (χ1n) is 8.36. The van der Waals surface area contributed by atoms with Crippen LogP contribution >= 0.6 is 0 Å². The molecule has 2 bridgehead atoms. The maximum Gasteiger partial charge on any atom is 0.233 e. The molecule has 1 aromatic carbocycles. The SMILES string of the molecule is Fc1cc(F)cc(C#Cc2ccc(OC3CN4CCC3CC4)nn2)c1. The average molecular weight is 341 g/mol. The van der Waals surface area contributed by atoms with E-state index in [1.54, 1.807) is 12.1 Å². The molecule has 6 heteroatoms. The second kappa shape index (κ2) is 6.77. The second-order valence-corrected chi connectivity index (χ2v) is 6.46. The Morgan fingerprint density at radius 1 is 1.00 bits per heavy atom. The Bertz CT molecular complexity index is 801. The number of hydrogen-bond donors (Lipinski definition) is 0. The third kappa shape index (κ3) is 3.77. The molecule has 0 saturated carbocycles. The van der Waals surface area contributed by atoms with Crippen molar-refractivity contribution in [3.8, 4) is 17.7 Å². The number of rotatable bonds is 2. The monoisotopic (exact) mass is 341 g/mol. The molecule has 4 heterocycles. The number of nitrogens with zero attached hydrogens (tertiary/aromatic N) is 3. The van der Waals surface area contributed by atoms with E-state index in [9.17, 15) is 8.78 Å². The molecule has 4 nitrogen and oxygen atoms in total. The number of hydrogen-bond acceptors (Lipinski definition) is 4. The lowest BCUT2D eigenvalue weighted by Crippen LogP contribution is -2.52. The lowest BCUT2D eigenvalue weighted by molar-refractivity contribution is -0.0104. The van der Waals surface area contributed by atoms with Crippen molar-refractivity contribution in [1.29, 1.82) is 0 Å². The fraction of sp³-hybridized carbons (Fsp3) is 0.368. The van der Waals surface area contributed by atoms with E-state index in [1.807, 2.05) is 0 Å². The average Bonchev–Trinajstić information content (AvgIpc) is 2.61. The summed E-state index contributed by atoms with van der Waals surface area (Å²) >= 11 is 0. The Kier molecular flexibility index (Phi) is 4.33. The summed E-state index contributed by atoms with van der Waals surface area (Å²) in [5, 5.41) is 8.08. The topological polar surface area (TPSA) is 38.2 Å². The minimum absolute atomic E-state index is 0.170. The van der Waals surface area contributed by atoms with Crippen molar-refractivity contribution in [3.05, 3.63) is 53.2 Å². The van der Waals surface area contributed by atoms with Crippen LogP contribution in [0.4, 0.5) is 8.78 Å². The predicted molar refractivity (Wildman–Crippen MR) is 88.0 cm³/mol. The summed E-state index contributed by atoms with van der Waals surface area (Å²) in [4.78, 5) is 2.41. The van der Waals surface area contributed by atoms with Crippen LogP contribution in [0, 0.1) is 29.4 Å². The van der Waals surface area contributed by atoms with Gasteiger partial charge in [-0.15, -0.1) is 10.2 Å². The maximum atomic E-state index is 13.1. The van der Waals surface area contributed by atoms with Crippen LogP contribution < -0.4 is 4.74 Å². The highest BCUT2D eigenvalue weighted by Gasteiger charge is 2.35. The van der Waals surface area contributed by atoms with Crippen LogP contribution in [-0.2, 0) is 0 Å². The van der Waals surface area contributed by atoms with Gasteiger partial charge in [0, 0.05) is 24.2 Å². The van der Waals surface area contributed by atoms with Crippen LogP contribution in [0.1, 0.15) is 24.1 Å². The van der Waals surface area contributed by atoms with E-state index in [0.717, 1.165) is 25.7 Å². The summed E-state index contributed by atoms with van der Waals surface area (Å²) in [5.74, 6) is 5.21. The highest BCUT2D eigenvalue weighted by molar-refractivity contribution is 5.40. The second-order valence-electron chi connectivity index (χ2n) is 6.46. The van der Waals surface area contributed by atoms with Crippen LogP contribution in [-0.4, -0.2) is 40.8 Å². The Morgan fingerprint density at radius 2 is 1.76 bits per heavy atom. The van der Waals surface area contributed by atoms with E-state index in [1.165, 1.54) is 25.0 Å². The molecule has 0 spiro atoms. The van der Waals surface area contributed by atoms with Crippen molar-refractivity contribution in [2.45, 2.75) is 18.9 Å². The van der Waals surface area contributed by atoms with Crippen LogP contribution in [0.15, 0.2) is 30.3 Å². The molecule has 3 aliphatic rings. The molecular weight excluding hydrogens is 324 g/mol. The third-order valence-corrected chi connectivity index (χ3v) is 4.71. The van der Waals surface area contributed by atoms with E-state index < -0.39 is 11.6 Å². The molecule has 5 rings (SSSR count). The summed E-state index contributed by atoms with van der Waals surface area (Å²) in [7, 11) is 0. The molecule has 128 valence electrons. The van der Waals surface area contributed by atoms with Gasteiger partial charge in [-0.1, -0.05) is 5.92 Å². The standard InChI is InChI=1S/C19H17F2N3O/c20-15-9-13(10-16(21)11-15)1-2-17-3-4-19(23-22-17)25-18-12-24-7-5-14(18)6-8-24/h3-4,9-11,14,18H,5-8,12H2. The Balaban J connectivity index is 1.43. The van der Waals surface area contributed by atoms with Gasteiger partial charge in [0.1, 0.15) is 23.4 Å². The largest absolute Gasteiger partial charge is 0.472 e. The van der Waals surface area contributed by atoms with E-state index in [2.05, 4.69) is 26.9 Å². The molecule has 3 fully saturated rings. The molecule has 3 saturated heterocycles. The van der Waals surface area contributed by atoms with Crippen LogP contribution in [0.25, 0.3) is 0 Å². The fourth-order valence-corrected chi connectivity index (χ4v) is 3.41. The summed E-state index contributed by atoms with van der Waals surface area (Å²) in [5.41, 5.74) is 0.679. The zero-order chi connectivity index (χ0) is 17.2. The predicted octanol–water partition coefficient (Wildman–Crippen LogP) is 2.63. The summed E-state index contributed by atoms with van der Waals surface area (Å²) in [6.45, 7) is 3.26. The van der Waals surface area contributed by atoms with Crippen molar-refractivity contribution >= 4 is 0 Å². The molecule has 1 atom stereocenters. The maximum absolute atomic E-state index is 13.1. The zero-order valence-corrected chi connectivity index (χ0v) is 13.6. The summed E-state index contributed by atoms with van der Waals surface area (Å²) in [6, 6.07) is 6.60. The van der Waals surface area contributed by atoms with E-state index >= 15 is 0 Å².